The zero-order valence-corrected chi connectivity index (χ0v) is 35.4. The molecule has 61 heavy (non-hydrogen) atoms. The molecule has 7 aromatic carbocycles. The number of pyridine rings is 2. The van der Waals surface area contributed by atoms with Crippen LogP contribution in [0.25, 0.3) is 103 Å². The van der Waals surface area contributed by atoms with Crippen molar-refractivity contribution in [2.45, 2.75) is 13.1 Å². The molecule has 0 atom stereocenters. The van der Waals surface area contributed by atoms with Gasteiger partial charge in [0.05, 0.1) is 43.3 Å². The Morgan fingerprint density at radius 2 is 0.934 bits per heavy atom. The third-order valence-corrected chi connectivity index (χ3v) is 17.7. The molecule has 0 unspecified atom stereocenters. The Labute approximate surface area is 356 Å². The van der Waals surface area contributed by atoms with Crippen molar-refractivity contribution < 1.29 is 0 Å². The van der Waals surface area contributed by atoms with Gasteiger partial charge in [0.2, 0.25) is 0 Å². The Balaban J connectivity index is 0.948. The first-order valence-corrected chi connectivity index (χ1v) is 24.6. The van der Waals surface area contributed by atoms with Gasteiger partial charge in [-0.05, 0) is 91.0 Å². The number of hydrogen-bond acceptors (Lipinski definition) is 3. The lowest BCUT2D eigenvalue weighted by atomic mass is 10.1. The van der Waals surface area contributed by atoms with Gasteiger partial charge in [0.25, 0.3) is 0 Å². The highest BCUT2D eigenvalue weighted by molar-refractivity contribution is 7.25. The molecule has 13 rings (SSSR count). The van der Waals surface area contributed by atoms with Gasteiger partial charge >= 0.3 is 0 Å². The normalized spacial score (nSPS) is 12.4. The smallest absolute Gasteiger partial charge is 0.112 e. The molecule has 0 saturated carbocycles. The van der Waals surface area contributed by atoms with E-state index in [2.05, 4.69) is 196 Å². The summed E-state index contributed by atoms with van der Waals surface area (Å²) in [5.41, 5.74) is 11.7. The second kappa shape index (κ2) is 12.8. The van der Waals surface area contributed by atoms with Crippen LogP contribution in [0.5, 0.6) is 0 Å². The maximum absolute atomic E-state index is 4.77. The van der Waals surface area contributed by atoms with E-state index in [0.717, 1.165) is 33.5 Å². The van der Waals surface area contributed by atoms with E-state index in [4.69, 9.17) is 4.98 Å². The SMILES string of the molecule is C[Si](C)(c1ccc2c(c1)c1ccccc1n2-c1ccc2sc3cccnc3c2c1)c1ccc2c(c1)c1ccccc1n2-c1ccc2c(c1)c1cnccc1n2-c1ccccc1. The number of thiophene rings is 1. The lowest BCUT2D eigenvalue weighted by molar-refractivity contribution is 1.16. The largest absolute Gasteiger partial charge is 0.309 e. The molecule has 0 radical (unpaired) electrons. The number of fused-ring (bicyclic) bond motifs is 12. The summed E-state index contributed by atoms with van der Waals surface area (Å²) in [6.45, 7) is 5.00. The first-order chi connectivity index (χ1) is 30.0. The van der Waals surface area contributed by atoms with Crippen molar-refractivity contribution in [1.29, 1.82) is 0 Å². The topological polar surface area (TPSA) is 40.6 Å². The Morgan fingerprint density at radius 3 is 1.62 bits per heavy atom. The molecule has 0 saturated heterocycles. The summed E-state index contributed by atoms with van der Waals surface area (Å²) in [5.74, 6) is 0. The van der Waals surface area contributed by atoms with Gasteiger partial charge in [0.15, 0.2) is 0 Å². The van der Waals surface area contributed by atoms with Crippen molar-refractivity contribution in [2.24, 2.45) is 0 Å². The van der Waals surface area contributed by atoms with Crippen molar-refractivity contribution in [3.05, 3.63) is 188 Å². The Hall–Kier alpha value is -7.32. The molecule has 0 aliphatic heterocycles. The molecule has 0 N–H and O–H groups in total. The summed E-state index contributed by atoms with van der Waals surface area (Å²) < 4.78 is 9.71. The molecule has 288 valence electrons. The lowest BCUT2D eigenvalue weighted by Crippen LogP contribution is -2.52. The van der Waals surface area contributed by atoms with Crippen LogP contribution in [-0.2, 0) is 0 Å². The van der Waals surface area contributed by atoms with Crippen LogP contribution in [0.1, 0.15) is 0 Å². The van der Waals surface area contributed by atoms with Crippen LogP contribution in [-0.4, -0.2) is 31.7 Å². The summed E-state index contributed by atoms with van der Waals surface area (Å²) in [6, 6.07) is 62.9. The van der Waals surface area contributed by atoms with E-state index in [9.17, 15) is 0 Å². The van der Waals surface area contributed by atoms with Crippen molar-refractivity contribution in [3.63, 3.8) is 0 Å². The standard InChI is InChI=1S/C54H37N5SSi/c1-61(2,38-21-24-50-43(32-38)40-14-7-9-16-47(40)59(50)36-19-25-52-44(30-36)54-53(60-52)17-10-27-56-54)37-20-23-49-42(31-37)39-13-6-8-15-46(39)58(49)35-18-22-48-41(29-35)45-33-55-28-26-51(45)57(48)34-11-4-3-5-12-34/h3-33H,1-2H3. The van der Waals surface area contributed by atoms with Crippen molar-refractivity contribution in [3.8, 4) is 17.1 Å². The second-order valence-electron chi connectivity index (χ2n) is 16.7. The molecule has 0 aliphatic rings. The third-order valence-electron chi connectivity index (χ3n) is 13.1. The third kappa shape index (κ3) is 4.99. The Kier molecular flexibility index (Phi) is 7.27. The monoisotopic (exact) mass is 815 g/mol. The highest BCUT2D eigenvalue weighted by Crippen LogP contribution is 2.39. The quantitative estimate of drug-likeness (QED) is 0.162. The molecule has 7 heteroatoms. The molecular formula is C54H37N5SSi. The maximum atomic E-state index is 4.77. The van der Waals surface area contributed by atoms with E-state index in [-0.39, 0.29) is 0 Å². The van der Waals surface area contributed by atoms with Crippen LogP contribution >= 0.6 is 11.3 Å². The summed E-state index contributed by atoms with van der Waals surface area (Å²) in [6.07, 6.45) is 5.79. The van der Waals surface area contributed by atoms with Crippen LogP contribution < -0.4 is 10.4 Å². The second-order valence-corrected chi connectivity index (χ2v) is 22.2. The first-order valence-electron chi connectivity index (χ1n) is 20.8. The van der Waals surface area contributed by atoms with E-state index in [1.54, 1.807) is 0 Å². The van der Waals surface area contributed by atoms with E-state index in [0.29, 0.717) is 0 Å². The highest BCUT2D eigenvalue weighted by atomic mass is 32.1. The van der Waals surface area contributed by atoms with Gasteiger partial charge in [0.1, 0.15) is 8.07 Å². The highest BCUT2D eigenvalue weighted by Gasteiger charge is 2.29. The molecule has 5 nitrogen and oxygen atoms in total. The fourth-order valence-corrected chi connectivity index (χ4v) is 13.4. The summed E-state index contributed by atoms with van der Waals surface area (Å²) in [5, 5.41) is 11.5. The molecule has 0 fully saturated rings. The maximum Gasteiger partial charge on any atom is 0.112 e. The van der Waals surface area contributed by atoms with Crippen LogP contribution in [0, 0.1) is 0 Å². The van der Waals surface area contributed by atoms with Gasteiger partial charge in [-0.15, -0.1) is 11.3 Å². The average Bonchev–Trinajstić information content (AvgIpc) is 4.05. The molecular weight excluding hydrogens is 779 g/mol. The van der Waals surface area contributed by atoms with E-state index < -0.39 is 8.07 Å². The lowest BCUT2D eigenvalue weighted by Gasteiger charge is -2.24. The fraction of sp³-hybridized carbons (Fsp3) is 0.0370. The number of hydrogen-bond donors (Lipinski definition) is 0. The molecule has 0 spiro atoms. The van der Waals surface area contributed by atoms with Crippen molar-refractivity contribution in [1.82, 2.24) is 23.7 Å². The number of nitrogens with zero attached hydrogens (tertiary/aromatic N) is 5. The predicted molar refractivity (Wildman–Crippen MR) is 261 cm³/mol. The van der Waals surface area contributed by atoms with Crippen molar-refractivity contribution in [2.75, 3.05) is 0 Å². The predicted octanol–water partition coefficient (Wildman–Crippen LogP) is 13.0. The minimum atomic E-state index is -2.19. The molecule has 0 amide bonds. The number of benzene rings is 7. The minimum Gasteiger partial charge on any atom is -0.309 e. The van der Waals surface area contributed by atoms with Gasteiger partial charge in [-0.25, -0.2) is 0 Å². The number of aromatic nitrogens is 5. The first kappa shape index (κ1) is 34.5. The molecule has 13 aromatic rings. The average molecular weight is 816 g/mol. The van der Waals surface area contributed by atoms with Gasteiger partial charge in [0, 0.05) is 78.1 Å². The van der Waals surface area contributed by atoms with Crippen LogP contribution in [0.3, 0.4) is 0 Å². The van der Waals surface area contributed by atoms with Crippen LogP contribution in [0.4, 0.5) is 0 Å². The molecule has 0 aliphatic carbocycles. The van der Waals surface area contributed by atoms with E-state index in [1.165, 1.54) is 79.7 Å². The van der Waals surface area contributed by atoms with E-state index in [1.807, 2.05) is 36.0 Å². The molecule has 0 bridgehead atoms. The van der Waals surface area contributed by atoms with Gasteiger partial charge in [-0.2, -0.15) is 0 Å². The summed E-state index contributed by atoms with van der Waals surface area (Å²) in [7, 11) is -2.19. The number of rotatable bonds is 5. The zero-order chi connectivity index (χ0) is 40.4. The Morgan fingerprint density at radius 1 is 0.393 bits per heavy atom. The summed E-state index contributed by atoms with van der Waals surface area (Å²) >= 11 is 1.81. The van der Waals surface area contributed by atoms with Gasteiger partial charge < -0.3 is 13.7 Å². The Bertz CT molecular complexity index is 3920. The van der Waals surface area contributed by atoms with Gasteiger partial charge in [-0.1, -0.05) is 102 Å². The molecule has 6 aromatic heterocycles. The van der Waals surface area contributed by atoms with Crippen LogP contribution in [0.2, 0.25) is 13.1 Å². The summed E-state index contributed by atoms with van der Waals surface area (Å²) in [4.78, 5) is 9.33. The fourth-order valence-electron chi connectivity index (χ4n) is 10.0. The molecule has 6 heterocycles. The van der Waals surface area contributed by atoms with Gasteiger partial charge in [-0.3, -0.25) is 9.97 Å². The minimum absolute atomic E-state index is 1.08. The van der Waals surface area contributed by atoms with E-state index >= 15 is 0 Å². The number of para-hydroxylation sites is 3. The zero-order valence-electron chi connectivity index (χ0n) is 33.5. The van der Waals surface area contributed by atoms with Crippen molar-refractivity contribution >= 4 is 116 Å². The van der Waals surface area contributed by atoms with Crippen LogP contribution in [0.15, 0.2) is 188 Å².